The SMILES string of the molecule is O=C(COc1ccc(Br)cc1Cl)Nc1ccccc1N1CCCCC1. The minimum absolute atomic E-state index is 0.0876. The van der Waals surface area contributed by atoms with Crippen molar-refractivity contribution in [3.63, 3.8) is 0 Å². The van der Waals surface area contributed by atoms with Gasteiger partial charge in [0.25, 0.3) is 5.91 Å². The average Bonchev–Trinajstić information content (AvgIpc) is 2.62. The molecule has 1 N–H and O–H groups in total. The molecule has 0 spiro atoms. The molecule has 132 valence electrons. The smallest absolute Gasteiger partial charge is 0.262 e. The third-order valence-corrected chi connectivity index (χ3v) is 4.92. The molecule has 1 amide bonds. The maximum Gasteiger partial charge on any atom is 0.262 e. The van der Waals surface area contributed by atoms with Gasteiger partial charge in [-0.15, -0.1) is 0 Å². The van der Waals surface area contributed by atoms with Crippen LogP contribution in [0.25, 0.3) is 0 Å². The van der Waals surface area contributed by atoms with Crippen molar-refractivity contribution in [2.45, 2.75) is 19.3 Å². The molecule has 0 aromatic heterocycles. The summed E-state index contributed by atoms with van der Waals surface area (Å²) < 4.78 is 6.40. The summed E-state index contributed by atoms with van der Waals surface area (Å²) in [6.45, 7) is 1.96. The summed E-state index contributed by atoms with van der Waals surface area (Å²) in [6.07, 6.45) is 3.65. The number of ether oxygens (including phenoxy) is 1. The minimum Gasteiger partial charge on any atom is -0.482 e. The molecule has 0 atom stereocenters. The topological polar surface area (TPSA) is 41.6 Å². The molecule has 0 bridgehead atoms. The summed E-state index contributed by atoms with van der Waals surface area (Å²) in [6, 6.07) is 13.2. The summed E-state index contributed by atoms with van der Waals surface area (Å²) in [5.41, 5.74) is 1.89. The molecule has 1 aliphatic heterocycles. The molecule has 2 aromatic rings. The van der Waals surface area contributed by atoms with E-state index >= 15 is 0 Å². The summed E-state index contributed by atoms with van der Waals surface area (Å²) in [5.74, 6) is 0.285. The van der Waals surface area contributed by atoms with E-state index in [0.717, 1.165) is 28.9 Å². The average molecular weight is 424 g/mol. The van der Waals surface area contributed by atoms with Crippen molar-refractivity contribution in [1.82, 2.24) is 0 Å². The van der Waals surface area contributed by atoms with Crippen LogP contribution in [-0.4, -0.2) is 25.6 Å². The van der Waals surface area contributed by atoms with Gasteiger partial charge in [0.15, 0.2) is 6.61 Å². The number of nitrogens with one attached hydrogen (secondary N) is 1. The number of carbonyl (C=O) groups excluding carboxylic acids is 1. The van der Waals surface area contributed by atoms with Crippen molar-refractivity contribution < 1.29 is 9.53 Å². The molecular weight excluding hydrogens is 404 g/mol. The third kappa shape index (κ3) is 4.89. The van der Waals surface area contributed by atoms with Gasteiger partial charge in [0.05, 0.1) is 16.4 Å². The Morgan fingerprint density at radius 3 is 2.68 bits per heavy atom. The first-order valence-corrected chi connectivity index (χ1v) is 9.52. The number of hydrogen-bond acceptors (Lipinski definition) is 3. The van der Waals surface area contributed by atoms with Gasteiger partial charge in [-0.3, -0.25) is 4.79 Å². The fourth-order valence-electron chi connectivity index (χ4n) is 2.91. The van der Waals surface area contributed by atoms with E-state index in [4.69, 9.17) is 16.3 Å². The Bertz CT molecular complexity index is 748. The fourth-order valence-corrected chi connectivity index (χ4v) is 3.64. The highest BCUT2D eigenvalue weighted by Gasteiger charge is 2.15. The highest BCUT2D eigenvalue weighted by atomic mass is 79.9. The molecule has 4 nitrogen and oxygen atoms in total. The van der Waals surface area contributed by atoms with Crippen LogP contribution in [0.5, 0.6) is 5.75 Å². The molecular formula is C19H20BrClN2O2. The van der Waals surface area contributed by atoms with Gasteiger partial charge in [-0.1, -0.05) is 39.7 Å². The van der Waals surface area contributed by atoms with Crippen molar-refractivity contribution in [2.75, 3.05) is 29.9 Å². The van der Waals surface area contributed by atoms with E-state index in [-0.39, 0.29) is 12.5 Å². The Balaban J connectivity index is 1.63. The van der Waals surface area contributed by atoms with E-state index in [0.29, 0.717) is 10.8 Å². The van der Waals surface area contributed by atoms with Gasteiger partial charge in [-0.25, -0.2) is 0 Å². The molecule has 25 heavy (non-hydrogen) atoms. The molecule has 1 heterocycles. The number of piperidine rings is 1. The van der Waals surface area contributed by atoms with Gasteiger partial charge in [0, 0.05) is 17.6 Å². The van der Waals surface area contributed by atoms with Gasteiger partial charge in [-0.2, -0.15) is 0 Å². The summed E-state index contributed by atoms with van der Waals surface area (Å²) in [4.78, 5) is 14.6. The number of rotatable bonds is 5. The molecule has 2 aromatic carbocycles. The Labute approximate surface area is 161 Å². The highest BCUT2D eigenvalue weighted by Crippen LogP contribution is 2.29. The van der Waals surface area contributed by atoms with Crippen LogP contribution in [-0.2, 0) is 4.79 Å². The molecule has 6 heteroatoms. The van der Waals surface area contributed by atoms with Gasteiger partial charge in [0.2, 0.25) is 0 Å². The maximum atomic E-state index is 12.3. The zero-order chi connectivity index (χ0) is 17.6. The highest BCUT2D eigenvalue weighted by molar-refractivity contribution is 9.10. The van der Waals surface area contributed by atoms with Crippen molar-refractivity contribution in [1.29, 1.82) is 0 Å². The van der Waals surface area contributed by atoms with Gasteiger partial charge < -0.3 is 15.0 Å². The van der Waals surface area contributed by atoms with Gasteiger partial charge in [-0.05, 0) is 49.6 Å². The third-order valence-electron chi connectivity index (χ3n) is 4.13. The lowest BCUT2D eigenvalue weighted by molar-refractivity contribution is -0.118. The summed E-state index contributed by atoms with van der Waals surface area (Å²) in [5, 5.41) is 3.42. The van der Waals surface area contributed by atoms with Gasteiger partial charge >= 0.3 is 0 Å². The Morgan fingerprint density at radius 2 is 1.92 bits per heavy atom. The fraction of sp³-hybridized carbons (Fsp3) is 0.316. The van der Waals surface area contributed by atoms with Crippen LogP contribution in [0.15, 0.2) is 46.9 Å². The van der Waals surface area contributed by atoms with Crippen molar-refractivity contribution >= 4 is 44.8 Å². The number of benzene rings is 2. The molecule has 0 unspecified atom stereocenters. The Morgan fingerprint density at radius 1 is 1.16 bits per heavy atom. The first kappa shape index (κ1) is 18.1. The van der Waals surface area contributed by atoms with Crippen LogP contribution < -0.4 is 15.0 Å². The van der Waals surface area contributed by atoms with Crippen molar-refractivity contribution in [2.24, 2.45) is 0 Å². The number of nitrogens with zero attached hydrogens (tertiary/aromatic N) is 1. The monoisotopic (exact) mass is 422 g/mol. The zero-order valence-electron chi connectivity index (χ0n) is 13.8. The summed E-state index contributed by atoms with van der Waals surface area (Å²) in [7, 11) is 0. The predicted molar refractivity (Wildman–Crippen MR) is 106 cm³/mol. The van der Waals surface area contributed by atoms with E-state index in [1.165, 1.54) is 19.3 Å². The van der Waals surface area contributed by atoms with E-state index in [1.54, 1.807) is 12.1 Å². The number of para-hydroxylation sites is 2. The largest absolute Gasteiger partial charge is 0.482 e. The second kappa shape index (κ2) is 8.59. The van der Waals surface area contributed by atoms with E-state index < -0.39 is 0 Å². The number of halogens is 2. The number of anilines is 2. The van der Waals surface area contributed by atoms with Crippen LogP contribution in [0, 0.1) is 0 Å². The first-order valence-electron chi connectivity index (χ1n) is 8.35. The second-order valence-electron chi connectivity index (χ2n) is 5.98. The molecule has 1 saturated heterocycles. The minimum atomic E-state index is -0.205. The zero-order valence-corrected chi connectivity index (χ0v) is 16.1. The Kier molecular flexibility index (Phi) is 6.21. The lowest BCUT2D eigenvalue weighted by Crippen LogP contribution is -2.30. The molecule has 0 saturated carbocycles. The van der Waals surface area contributed by atoms with Crippen molar-refractivity contribution in [3.8, 4) is 5.75 Å². The number of hydrogen-bond donors (Lipinski definition) is 1. The normalized spacial score (nSPS) is 14.2. The molecule has 0 radical (unpaired) electrons. The molecule has 1 fully saturated rings. The number of amides is 1. The number of carbonyl (C=O) groups is 1. The van der Waals surface area contributed by atoms with E-state index in [1.807, 2.05) is 30.3 Å². The van der Waals surface area contributed by atoms with Crippen molar-refractivity contribution in [3.05, 3.63) is 52.0 Å². The second-order valence-corrected chi connectivity index (χ2v) is 7.30. The molecule has 0 aliphatic carbocycles. The first-order chi connectivity index (χ1) is 12.1. The van der Waals surface area contributed by atoms with E-state index in [9.17, 15) is 4.79 Å². The van der Waals surface area contributed by atoms with Crippen LogP contribution in [0.2, 0.25) is 5.02 Å². The van der Waals surface area contributed by atoms with Crippen LogP contribution in [0.3, 0.4) is 0 Å². The molecule has 3 rings (SSSR count). The lowest BCUT2D eigenvalue weighted by Gasteiger charge is -2.30. The summed E-state index contributed by atoms with van der Waals surface area (Å²) >= 11 is 9.45. The van der Waals surface area contributed by atoms with Crippen LogP contribution in [0.4, 0.5) is 11.4 Å². The molecule has 1 aliphatic rings. The predicted octanol–water partition coefficient (Wildman–Crippen LogP) is 5.11. The van der Waals surface area contributed by atoms with Gasteiger partial charge in [0.1, 0.15) is 5.75 Å². The van der Waals surface area contributed by atoms with E-state index in [2.05, 4.69) is 26.1 Å². The maximum absolute atomic E-state index is 12.3. The van der Waals surface area contributed by atoms with Crippen LogP contribution >= 0.6 is 27.5 Å². The standard InChI is InChI=1S/C19H20BrClN2O2/c20-14-8-9-18(15(21)12-14)25-13-19(24)22-16-6-2-3-7-17(16)23-10-4-1-5-11-23/h2-3,6-9,12H,1,4-5,10-11,13H2,(H,22,24). The lowest BCUT2D eigenvalue weighted by atomic mass is 10.1. The Hall–Kier alpha value is -1.72. The van der Waals surface area contributed by atoms with Crippen LogP contribution in [0.1, 0.15) is 19.3 Å². The quantitative estimate of drug-likeness (QED) is 0.726.